The summed E-state index contributed by atoms with van der Waals surface area (Å²) < 4.78 is 5.25. The molecule has 0 bridgehead atoms. The van der Waals surface area contributed by atoms with Gasteiger partial charge in [-0.1, -0.05) is 60.2 Å². The predicted octanol–water partition coefficient (Wildman–Crippen LogP) is 3.68. The molecule has 7 nitrogen and oxygen atoms in total. The number of hydrogen-bond donors (Lipinski definition) is 2. The smallest absolute Gasteiger partial charge is 0.249 e. The van der Waals surface area contributed by atoms with E-state index in [1.54, 1.807) is 7.11 Å². The van der Waals surface area contributed by atoms with E-state index >= 15 is 0 Å². The Morgan fingerprint density at radius 1 is 1.13 bits per heavy atom. The molecule has 2 amide bonds. The molecule has 31 heavy (non-hydrogen) atoms. The number of aromatic nitrogens is 2. The minimum Gasteiger partial charge on any atom is -0.497 e. The Balaban J connectivity index is 1.47. The van der Waals surface area contributed by atoms with Crippen molar-refractivity contribution in [3.05, 3.63) is 60.2 Å². The van der Waals surface area contributed by atoms with Gasteiger partial charge in [0, 0.05) is 17.9 Å². The number of nitrogens with zero attached hydrogens (tertiary/aromatic N) is 2. The van der Waals surface area contributed by atoms with Gasteiger partial charge in [0.25, 0.3) is 0 Å². The molecule has 0 saturated heterocycles. The SMILES string of the molecule is COc1cccc(-c2nnc(NC(=O)C(Cc3ccccc3)NC(=O)C3CCC3)s2)c1. The monoisotopic (exact) mass is 436 g/mol. The molecule has 1 fully saturated rings. The molecule has 1 unspecified atom stereocenters. The second kappa shape index (κ2) is 9.70. The number of nitrogens with one attached hydrogen (secondary N) is 2. The second-order valence-corrected chi connectivity index (χ2v) is 8.49. The van der Waals surface area contributed by atoms with E-state index in [0.717, 1.165) is 36.1 Å². The van der Waals surface area contributed by atoms with Gasteiger partial charge < -0.3 is 10.1 Å². The summed E-state index contributed by atoms with van der Waals surface area (Å²) in [4.78, 5) is 25.5. The van der Waals surface area contributed by atoms with Gasteiger partial charge in [-0.15, -0.1) is 10.2 Å². The summed E-state index contributed by atoms with van der Waals surface area (Å²) >= 11 is 1.28. The lowest BCUT2D eigenvalue weighted by Crippen LogP contribution is -2.48. The highest BCUT2D eigenvalue weighted by atomic mass is 32.1. The highest BCUT2D eigenvalue weighted by Gasteiger charge is 2.29. The molecule has 1 aromatic heterocycles. The van der Waals surface area contributed by atoms with Gasteiger partial charge in [-0.3, -0.25) is 14.9 Å². The molecular weight excluding hydrogens is 412 g/mol. The van der Waals surface area contributed by atoms with Crippen molar-refractivity contribution in [1.29, 1.82) is 0 Å². The number of rotatable bonds is 8. The molecule has 1 atom stereocenters. The molecule has 4 rings (SSSR count). The third-order valence-corrected chi connectivity index (χ3v) is 6.25. The zero-order valence-electron chi connectivity index (χ0n) is 17.2. The molecule has 3 aromatic rings. The standard InChI is InChI=1S/C23H24N4O3S/c1-30-18-12-6-11-17(14-18)22-26-27-23(31-22)25-21(29)19(13-15-7-3-2-4-8-15)24-20(28)16-9-5-10-16/h2-4,6-8,11-12,14,16,19H,5,9-10,13H2,1H3,(H,24,28)(H,25,27,29). The van der Waals surface area contributed by atoms with E-state index in [1.165, 1.54) is 11.3 Å². The molecule has 1 aliphatic rings. The first-order valence-electron chi connectivity index (χ1n) is 10.3. The fourth-order valence-electron chi connectivity index (χ4n) is 3.36. The summed E-state index contributed by atoms with van der Waals surface area (Å²) in [5.41, 5.74) is 1.84. The van der Waals surface area contributed by atoms with Crippen molar-refractivity contribution in [3.8, 4) is 16.3 Å². The molecule has 0 spiro atoms. The van der Waals surface area contributed by atoms with Crippen LogP contribution in [-0.2, 0) is 16.0 Å². The minimum atomic E-state index is -0.681. The maximum absolute atomic E-state index is 13.0. The quantitative estimate of drug-likeness (QED) is 0.562. The Hall–Kier alpha value is -3.26. The molecule has 0 radical (unpaired) electrons. The molecule has 0 aliphatic heterocycles. The zero-order chi connectivity index (χ0) is 21.6. The van der Waals surface area contributed by atoms with Crippen molar-refractivity contribution < 1.29 is 14.3 Å². The van der Waals surface area contributed by atoms with Crippen molar-refractivity contribution in [1.82, 2.24) is 15.5 Å². The van der Waals surface area contributed by atoms with Crippen LogP contribution in [-0.4, -0.2) is 35.2 Å². The van der Waals surface area contributed by atoms with Gasteiger partial charge in [-0.05, 0) is 30.5 Å². The van der Waals surface area contributed by atoms with Crippen molar-refractivity contribution in [2.75, 3.05) is 12.4 Å². The van der Waals surface area contributed by atoms with Gasteiger partial charge in [0.1, 0.15) is 16.8 Å². The molecule has 8 heteroatoms. The van der Waals surface area contributed by atoms with Crippen LogP contribution < -0.4 is 15.4 Å². The molecule has 1 heterocycles. The minimum absolute atomic E-state index is 0.00673. The van der Waals surface area contributed by atoms with Crippen LogP contribution in [0.25, 0.3) is 10.6 Å². The number of benzene rings is 2. The second-order valence-electron chi connectivity index (χ2n) is 7.51. The molecule has 1 aliphatic carbocycles. The summed E-state index contributed by atoms with van der Waals surface area (Å²) in [7, 11) is 1.61. The van der Waals surface area contributed by atoms with E-state index in [0.29, 0.717) is 16.6 Å². The number of ether oxygens (including phenoxy) is 1. The first-order chi connectivity index (χ1) is 15.1. The van der Waals surface area contributed by atoms with E-state index in [-0.39, 0.29) is 17.7 Å². The Morgan fingerprint density at radius 2 is 1.94 bits per heavy atom. The van der Waals surface area contributed by atoms with Crippen molar-refractivity contribution >= 4 is 28.3 Å². The lowest BCUT2D eigenvalue weighted by atomic mass is 9.84. The number of carbonyl (C=O) groups is 2. The van der Waals surface area contributed by atoms with Crippen LogP contribution in [0.15, 0.2) is 54.6 Å². The van der Waals surface area contributed by atoms with E-state index in [4.69, 9.17) is 4.74 Å². The van der Waals surface area contributed by atoms with E-state index in [1.807, 2.05) is 54.6 Å². The van der Waals surface area contributed by atoms with Crippen LogP contribution in [0.3, 0.4) is 0 Å². The predicted molar refractivity (Wildman–Crippen MR) is 120 cm³/mol. The molecular formula is C23H24N4O3S. The largest absolute Gasteiger partial charge is 0.497 e. The van der Waals surface area contributed by atoms with Crippen molar-refractivity contribution in [2.45, 2.75) is 31.7 Å². The summed E-state index contributed by atoms with van der Waals surface area (Å²) in [6, 6.07) is 16.5. The van der Waals surface area contributed by atoms with Crippen LogP contribution >= 0.6 is 11.3 Å². The van der Waals surface area contributed by atoms with Crippen LogP contribution in [0.4, 0.5) is 5.13 Å². The normalized spacial score (nSPS) is 14.4. The summed E-state index contributed by atoms with van der Waals surface area (Å²) in [5.74, 6) is 0.369. The molecule has 2 aromatic carbocycles. The van der Waals surface area contributed by atoms with Gasteiger partial charge in [-0.2, -0.15) is 0 Å². The first kappa shape index (κ1) is 21.0. The Labute approximate surface area is 184 Å². The maximum Gasteiger partial charge on any atom is 0.249 e. The topological polar surface area (TPSA) is 93.2 Å². The van der Waals surface area contributed by atoms with E-state index in [2.05, 4.69) is 20.8 Å². The van der Waals surface area contributed by atoms with Crippen molar-refractivity contribution in [3.63, 3.8) is 0 Å². The third-order valence-electron chi connectivity index (χ3n) is 5.36. The zero-order valence-corrected chi connectivity index (χ0v) is 18.0. The first-order valence-corrected chi connectivity index (χ1v) is 11.1. The molecule has 2 N–H and O–H groups in total. The average molecular weight is 437 g/mol. The highest BCUT2D eigenvalue weighted by molar-refractivity contribution is 7.18. The Bertz CT molecular complexity index is 1050. The summed E-state index contributed by atoms with van der Waals surface area (Å²) in [5, 5.41) is 15.1. The van der Waals surface area contributed by atoms with Gasteiger partial charge in [0.2, 0.25) is 16.9 Å². The van der Waals surface area contributed by atoms with Gasteiger partial charge in [0.05, 0.1) is 7.11 Å². The van der Waals surface area contributed by atoms with Crippen LogP contribution in [0.2, 0.25) is 0 Å². The number of hydrogen-bond acceptors (Lipinski definition) is 6. The third kappa shape index (κ3) is 5.27. The molecule has 160 valence electrons. The van der Waals surface area contributed by atoms with E-state index < -0.39 is 6.04 Å². The van der Waals surface area contributed by atoms with E-state index in [9.17, 15) is 9.59 Å². The maximum atomic E-state index is 13.0. The van der Waals surface area contributed by atoms with Gasteiger partial charge in [-0.25, -0.2) is 0 Å². The van der Waals surface area contributed by atoms with Crippen molar-refractivity contribution in [2.24, 2.45) is 5.92 Å². The summed E-state index contributed by atoms with van der Waals surface area (Å²) in [6.45, 7) is 0. The lowest BCUT2D eigenvalue weighted by molar-refractivity contribution is -0.131. The fourth-order valence-corrected chi connectivity index (χ4v) is 4.10. The number of anilines is 1. The fraction of sp³-hybridized carbons (Fsp3) is 0.304. The van der Waals surface area contributed by atoms with Gasteiger partial charge >= 0.3 is 0 Å². The van der Waals surface area contributed by atoms with Crippen LogP contribution in [0.1, 0.15) is 24.8 Å². The van der Waals surface area contributed by atoms with Crippen LogP contribution in [0, 0.1) is 5.92 Å². The number of amides is 2. The lowest BCUT2D eigenvalue weighted by Gasteiger charge is -2.27. The molecule has 1 saturated carbocycles. The average Bonchev–Trinajstić information content (AvgIpc) is 3.21. The van der Waals surface area contributed by atoms with Crippen LogP contribution in [0.5, 0.6) is 5.75 Å². The number of methoxy groups -OCH3 is 1. The Kier molecular flexibility index (Phi) is 6.57. The highest BCUT2D eigenvalue weighted by Crippen LogP contribution is 2.29. The van der Waals surface area contributed by atoms with Gasteiger partial charge in [0.15, 0.2) is 0 Å². The number of carbonyl (C=O) groups excluding carboxylic acids is 2. The Morgan fingerprint density at radius 3 is 2.65 bits per heavy atom. The summed E-state index contributed by atoms with van der Waals surface area (Å²) in [6.07, 6.45) is 3.23.